The molecule has 3 aromatic rings. The van der Waals surface area contributed by atoms with Gasteiger partial charge in [0, 0.05) is 18.7 Å². The summed E-state index contributed by atoms with van der Waals surface area (Å²) < 4.78 is 38.1. The van der Waals surface area contributed by atoms with Gasteiger partial charge in [0.05, 0.1) is 18.1 Å². The highest BCUT2D eigenvalue weighted by molar-refractivity contribution is 7.91. The minimum atomic E-state index is -3.82. The van der Waals surface area contributed by atoms with E-state index in [0.29, 0.717) is 32.2 Å². The fourth-order valence-electron chi connectivity index (χ4n) is 3.16. The smallest absolute Gasteiger partial charge is 0.236 e. The van der Waals surface area contributed by atoms with Crippen molar-refractivity contribution < 1.29 is 17.6 Å². The molecule has 2 heterocycles. The number of nitrogens with zero attached hydrogens (tertiary/aromatic N) is 2. The fourth-order valence-corrected chi connectivity index (χ4v) is 4.48. The summed E-state index contributed by atoms with van der Waals surface area (Å²) in [6.45, 7) is 4.18. The first kappa shape index (κ1) is 18.7. The van der Waals surface area contributed by atoms with Gasteiger partial charge >= 0.3 is 0 Å². The van der Waals surface area contributed by atoms with Gasteiger partial charge in [0.15, 0.2) is 0 Å². The predicted molar refractivity (Wildman–Crippen MR) is 106 cm³/mol. The largest absolute Gasteiger partial charge is 0.419 e. The van der Waals surface area contributed by atoms with E-state index in [4.69, 9.17) is 9.15 Å². The topological polar surface area (TPSA) is 72.6 Å². The molecule has 1 aliphatic heterocycles. The lowest BCUT2D eigenvalue weighted by Crippen LogP contribution is -2.36. The number of oxazole rings is 1. The lowest BCUT2D eigenvalue weighted by atomic mass is 10.2. The summed E-state index contributed by atoms with van der Waals surface area (Å²) in [5.74, 6) is 0.576. The van der Waals surface area contributed by atoms with Gasteiger partial charge in [-0.15, -0.1) is 0 Å². The molecule has 0 aliphatic carbocycles. The van der Waals surface area contributed by atoms with Crippen LogP contribution in [0.25, 0.3) is 11.5 Å². The van der Waals surface area contributed by atoms with Crippen LogP contribution in [0.1, 0.15) is 12.5 Å². The van der Waals surface area contributed by atoms with Crippen molar-refractivity contribution >= 4 is 15.7 Å². The Labute approximate surface area is 164 Å². The minimum absolute atomic E-state index is 0.0440. The number of sulfone groups is 1. The molecule has 0 bridgehead atoms. The summed E-state index contributed by atoms with van der Waals surface area (Å²) >= 11 is 0. The van der Waals surface area contributed by atoms with E-state index < -0.39 is 9.84 Å². The number of hydrogen-bond donors (Lipinski definition) is 0. The maximum atomic E-state index is 13.4. The van der Waals surface area contributed by atoms with Crippen molar-refractivity contribution in [2.75, 3.05) is 31.2 Å². The molecule has 1 fully saturated rings. The van der Waals surface area contributed by atoms with Crippen molar-refractivity contribution in [2.24, 2.45) is 0 Å². The van der Waals surface area contributed by atoms with Crippen molar-refractivity contribution in [3.8, 4) is 11.5 Å². The molecular formula is C21H22N2O4S. The van der Waals surface area contributed by atoms with Gasteiger partial charge in [-0.05, 0) is 36.2 Å². The van der Waals surface area contributed by atoms with Crippen molar-refractivity contribution in [3.63, 3.8) is 0 Å². The first-order chi connectivity index (χ1) is 13.6. The number of morpholine rings is 1. The molecule has 7 heteroatoms. The van der Waals surface area contributed by atoms with Crippen molar-refractivity contribution in [3.05, 3.63) is 60.2 Å². The molecule has 0 atom stereocenters. The molecular weight excluding hydrogens is 376 g/mol. The maximum Gasteiger partial charge on any atom is 0.236 e. The van der Waals surface area contributed by atoms with E-state index in [2.05, 4.69) is 4.98 Å². The number of hydrogen-bond acceptors (Lipinski definition) is 6. The van der Waals surface area contributed by atoms with Gasteiger partial charge in [-0.3, -0.25) is 0 Å². The van der Waals surface area contributed by atoms with Crippen molar-refractivity contribution in [1.82, 2.24) is 4.98 Å². The van der Waals surface area contributed by atoms with E-state index in [-0.39, 0.29) is 15.8 Å². The molecule has 1 saturated heterocycles. The van der Waals surface area contributed by atoms with Gasteiger partial charge in [0.1, 0.15) is 0 Å². The summed E-state index contributed by atoms with van der Waals surface area (Å²) in [4.78, 5) is 6.51. The highest BCUT2D eigenvalue weighted by Crippen LogP contribution is 2.35. The van der Waals surface area contributed by atoms with Crippen LogP contribution in [0.3, 0.4) is 0 Å². The second kappa shape index (κ2) is 7.77. The highest BCUT2D eigenvalue weighted by atomic mass is 32.2. The molecule has 28 heavy (non-hydrogen) atoms. The Bertz CT molecular complexity index is 1040. The predicted octanol–water partition coefficient (Wildman–Crippen LogP) is 3.57. The van der Waals surface area contributed by atoms with Crippen LogP contribution < -0.4 is 4.90 Å². The van der Waals surface area contributed by atoms with Gasteiger partial charge in [-0.2, -0.15) is 4.98 Å². The third-order valence-corrected chi connectivity index (χ3v) is 6.46. The molecule has 1 aromatic heterocycles. The van der Waals surface area contributed by atoms with Crippen LogP contribution in [-0.2, 0) is 21.0 Å². The zero-order chi connectivity index (χ0) is 19.6. The van der Waals surface area contributed by atoms with E-state index in [0.717, 1.165) is 17.5 Å². The molecule has 2 aromatic carbocycles. The Balaban J connectivity index is 1.82. The second-order valence-corrected chi connectivity index (χ2v) is 8.46. The first-order valence-electron chi connectivity index (χ1n) is 9.32. The Morgan fingerprint density at radius 3 is 2.32 bits per heavy atom. The van der Waals surface area contributed by atoms with Crippen molar-refractivity contribution in [2.45, 2.75) is 23.3 Å². The maximum absolute atomic E-state index is 13.4. The average Bonchev–Trinajstić information content (AvgIpc) is 3.21. The number of aryl methyl sites for hydroxylation is 1. The molecule has 0 N–H and O–H groups in total. The number of anilines is 1. The Kier molecular flexibility index (Phi) is 5.19. The van der Waals surface area contributed by atoms with Gasteiger partial charge in [-0.1, -0.05) is 37.3 Å². The SMILES string of the molecule is CCc1ccc(S(=O)(=O)c2nc(-c3ccccc3)oc2N2CCOCC2)cc1. The quantitative estimate of drug-likeness (QED) is 0.654. The minimum Gasteiger partial charge on any atom is -0.419 e. The van der Waals surface area contributed by atoms with Gasteiger partial charge < -0.3 is 14.1 Å². The highest BCUT2D eigenvalue weighted by Gasteiger charge is 2.32. The van der Waals surface area contributed by atoms with Crippen LogP contribution in [0.15, 0.2) is 68.9 Å². The Hall–Kier alpha value is -2.64. The molecule has 146 valence electrons. The standard InChI is InChI=1S/C21H22N2O4S/c1-2-16-8-10-18(11-9-16)28(24,25)20-21(23-12-14-26-15-13-23)27-19(22-20)17-6-4-3-5-7-17/h3-11H,2,12-15H2,1H3. The van der Waals surface area contributed by atoms with E-state index in [1.165, 1.54) is 0 Å². The number of aromatic nitrogens is 1. The second-order valence-electron chi connectivity index (χ2n) is 6.60. The van der Waals surface area contributed by atoms with E-state index in [1.807, 2.05) is 54.3 Å². The number of ether oxygens (including phenoxy) is 1. The van der Waals surface area contributed by atoms with Crippen LogP contribution >= 0.6 is 0 Å². The summed E-state index contributed by atoms with van der Waals surface area (Å²) in [6.07, 6.45) is 0.849. The molecule has 0 amide bonds. The molecule has 1 aliphatic rings. The molecule has 0 radical (unpaired) electrons. The third kappa shape index (κ3) is 3.55. The van der Waals surface area contributed by atoms with E-state index in [1.54, 1.807) is 12.1 Å². The Morgan fingerprint density at radius 2 is 1.68 bits per heavy atom. The summed E-state index contributed by atoms with van der Waals surface area (Å²) in [6, 6.07) is 16.3. The monoisotopic (exact) mass is 398 g/mol. The molecule has 0 saturated carbocycles. The van der Waals surface area contributed by atoms with E-state index >= 15 is 0 Å². The van der Waals surface area contributed by atoms with Gasteiger partial charge in [0.25, 0.3) is 0 Å². The lowest BCUT2D eigenvalue weighted by molar-refractivity contribution is 0.120. The van der Waals surface area contributed by atoms with Gasteiger partial charge in [0.2, 0.25) is 26.6 Å². The number of rotatable bonds is 5. The summed E-state index contributed by atoms with van der Waals surface area (Å²) in [5.41, 5.74) is 1.82. The third-order valence-electron chi connectivity index (χ3n) is 4.79. The zero-order valence-electron chi connectivity index (χ0n) is 15.7. The molecule has 0 unspecified atom stereocenters. The zero-order valence-corrected chi connectivity index (χ0v) is 16.5. The summed E-state index contributed by atoms with van der Waals surface area (Å²) in [5, 5.41) is -0.0440. The molecule has 6 nitrogen and oxygen atoms in total. The van der Waals surface area contributed by atoms with Crippen LogP contribution in [0, 0.1) is 0 Å². The normalized spacial score (nSPS) is 15.0. The average molecular weight is 398 g/mol. The number of benzene rings is 2. The summed E-state index contributed by atoms with van der Waals surface area (Å²) in [7, 11) is -3.82. The Morgan fingerprint density at radius 1 is 1.00 bits per heavy atom. The van der Waals surface area contributed by atoms with Crippen molar-refractivity contribution in [1.29, 1.82) is 0 Å². The first-order valence-corrected chi connectivity index (χ1v) is 10.8. The van der Waals surface area contributed by atoms with Crippen LogP contribution in [0.5, 0.6) is 0 Å². The lowest BCUT2D eigenvalue weighted by Gasteiger charge is -2.26. The fraction of sp³-hybridized carbons (Fsp3) is 0.286. The van der Waals surface area contributed by atoms with Crippen LogP contribution in [-0.4, -0.2) is 39.7 Å². The van der Waals surface area contributed by atoms with E-state index in [9.17, 15) is 8.42 Å². The van der Waals surface area contributed by atoms with Crippen LogP contribution in [0.2, 0.25) is 0 Å². The van der Waals surface area contributed by atoms with Crippen LogP contribution in [0.4, 0.5) is 5.88 Å². The van der Waals surface area contributed by atoms with Gasteiger partial charge in [-0.25, -0.2) is 8.42 Å². The molecule has 0 spiro atoms. The molecule has 4 rings (SSSR count).